The second-order valence-corrected chi connectivity index (χ2v) is 6.46. The quantitative estimate of drug-likeness (QED) is 0.805. The summed E-state index contributed by atoms with van der Waals surface area (Å²) in [5, 5.41) is 0. The lowest BCUT2D eigenvalue weighted by Crippen LogP contribution is -2.40. The van der Waals surface area contributed by atoms with Crippen molar-refractivity contribution in [1.29, 1.82) is 0 Å². The smallest absolute Gasteiger partial charge is 0.164 e. The minimum atomic E-state index is 0.455. The third kappa shape index (κ3) is 1.55. The molecule has 5 atom stereocenters. The normalized spacial score (nSPS) is 38.5. The molecule has 2 heteroatoms. The Morgan fingerprint density at radius 1 is 1.26 bits per heavy atom. The molecule has 0 N–H and O–H groups in total. The minimum absolute atomic E-state index is 0.455. The highest BCUT2D eigenvalue weighted by molar-refractivity contribution is 5.48. The molecule has 5 unspecified atom stereocenters. The molecule has 2 aliphatic carbocycles. The number of rotatable bonds is 2. The van der Waals surface area contributed by atoms with Crippen LogP contribution in [0.2, 0.25) is 0 Å². The van der Waals surface area contributed by atoms with Crippen LogP contribution in [0.15, 0.2) is 18.2 Å². The van der Waals surface area contributed by atoms with Crippen molar-refractivity contribution in [3.05, 3.63) is 23.8 Å². The average Bonchev–Trinajstić information content (AvgIpc) is 3.02. The molecule has 2 saturated carbocycles. The Labute approximate surface area is 115 Å². The van der Waals surface area contributed by atoms with E-state index in [1.165, 1.54) is 31.2 Å². The highest BCUT2D eigenvalue weighted by atomic mass is 16.5. The summed E-state index contributed by atoms with van der Waals surface area (Å²) >= 11 is 0. The van der Waals surface area contributed by atoms with Crippen LogP contribution in [-0.2, 0) is 6.42 Å². The van der Waals surface area contributed by atoms with Gasteiger partial charge in [0.25, 0.3) is 0 Å². The van der Waals surface area contributed by atoms with Gasteiger partial charge >= 0.3 is 0 Å². The number of para-hydroxylation sites is 1. The molecule has 1 heterocycles. The second-order valence-electron chi connectivity index (χ2n) is 6.46. The van der Waals surface area contributed by atoms with Crippen molar-refractivity contribution in [3.8, 4) is 11.5 Å². The van der Waals surface area contributed by atoms with Gasteiger partial charge in [-0.15, -0.1) is 0 Å². The van der Waals surface area contributed by atoms with Crippen molar-refractivity contribution >= 4 is 0 Å². The summed E-state index contributed by atoms with van der Waals surface area (Å²) in [5.41, 5.74) is 1.35. The predicted octanol–water partition coefficient (Wildman–Crippen LogP) is 3.68. The lowest BCUT2D eigenvalue weighted by Gasteiger charge is -2.40. The zero-order valence-electron chi connectivity index (χ0n) is 11.8. The van der Waals surface area contributed by atoms with Crippen molar-refractivity contribution in [2.45, 2.75) is 38.7 Å². The molecule has 1 aliphatic heterocycles. The van der Waals surface area contributed by atoms with Gasteiger partial charge < -0.3 is 9.47 Å². The van der Waals surface area contributed by atoms with E-state index in [0.29, 0.717) is 6.10 Å². The molecule has 4 rings (SSSR count). The first-order valence-corrected chi connectivity index (χ1v) is 7.64. The van der Waals surface area contributed by atoms with Crippen molar-refractivity contribution < 1.29 is 9.47 Å². The van der Waals surface area contributed by atoms with Gasteiger partial charge in [-0.2, -0.15) is 0 Å². The Bertz CT molecular complexity index is 496. The molecule has 2 bridgehead atoms. The van der Waals surface area contributed by atoms with Crippen molar-refractivity contribution in [1.82, 2.24) is 0 Å². The Morgan fingerprint density at radius 2 is 2.16 bits per heavy atom. The number of fused-ring (bicyclic) bond motifs is 6. The predicted molar refractivity (Wildman–Crippen MR) is 74.6 cm³/mol. The van der Waals surface area contributed by atoms with Crippen LogP contribution in [-0.4, -0.2) is 13.2 Å². The fourth-order valence-corrected chi connectivity index (χ4v) is 4.91. The number of hydrogen-bond acceptors (Lipinski definition) is 2. The zero-order chi connectivity index (χ0) is 13.0. The first-order valence-electron chi connectivity index (χ1n) is 7.64. The Hall–Kier alpha value is -1.18. The fraction of sp³-hybridized carbons (Fsp3) is 0.647. The molecule has 19 heavy (non-hydrogen) atoms. The summed E-state index contributed by atoms with van der Waals surface area (Å²) < 4.78 is 11.8. The number of hydrogen-bond donors (Lipinski definition) is 0. The van der Waals surface area contributed by atoms with Crippen molar-refractivity contribution in [2.24, 2.45) is 23.7 Å². The SMILES string of the molecule is CCC1CC2CC1C1Cc3cccc(OC)c3OC21. The molecular weight excluding hydrogens is 236 g/mol. The highest BCUT2D eigenvalue weighted by Crippen LogP contribution is 2.57. The van der Waals surface area contributed by atoms with Crippen LogP contribution in [0.4, 0.5) is 0 Å². The monoisotopic (exact) mass is 258 g/mol. The summed E-state index contributed by atoms with van der Waals surface area (Å²) in [6.45, 7) is 2.35. The maximum absolute atomic E-state index is 6.38. The molecule has 0 spiro atoms. The van der Waals surface area contributed by atoms with Crippen LogP contribution in [0.3, 0.4) is 0 Å². The molecular formula is C17H22O2. The number of methoxy groups -OCH3 is 1. The number of benzene rings is 1. The summed E-state index contributed by atoms with van der Waals surface area (Å²) in [6.07, 6.45) is 5.76. The van der Waals surface area contributed by atoms with Gasteiger partial charge in [0.15, 0.2) is 11.5 Å². The van der Waals surface area contributed by atoms with Gasteiger partial charge in [0.1, 0.15) is 6.10 Å². The molecule has 1 aromatic carbocycles. The molecule has 2 fully saturated rings. The van der Waals surface area contributed by atoms with Gasteiger partial charge in [0, 0.05) is 5.92 Å². The van der Waals surface area contributed by atoms with Crippen LogP contribution < -0.4 is 9.47 Å². The molecule has 0 saturated heterocycles. The third-order valence-corrected chi connectivity index (χ3v) is 5.74. The molecule has 2 nitrogen and oxygen atoms in total. The van der Waals surface area contributed by atoms with E-state index < -0.39 is 0 Å². The largest absolute Gasteiger partial charge is 0.493 e. The van der Waals surface area contributed by atoms with E-state index in [1.807, 2.05) is 6.07 Å². The van der Waals surface area contributed by atoms with Crippen LogP contribution in [0, 0.1) is 23.7 Å². The highest BCUT2D eigenvalue weighted by Gasteiger charge is 2.54. The summed E-state index contributed by atoms with van der Waals surface area (Å²) in [7, 11) is 1.74. The lowest BCUT2D eigenvalue weighted by molar-refractivity contribution is 0.0398. The molecule has 1 aromatic rings. The third-order valence-electron chi connectivity index (χ3n) is 5.74. The van der Waals surface area contributed by atoms with Gasteiger partial charge in [0.05, 0.1) is 7.11 Å². The second kappa shape index (κ2) is 4.16. The molecule has 0 amide bonds. The summed E-state index contributed by atoms with van der Waals surface area (Å²) in [4.78, 5) is 0. The maximum atomic E-state index is 6.38. The number of ether oxygens (including phenoxy) is 2. The molecule has 102 valence electrons. The molecule has 0 aromatic heterocycles. The first-order chi connectivity index (χ1) is 9.31. The van der Waals surface area contributed by atoms with E-state index in [0.717, 1.165) is 35.2 Å². The molecule has 0 radical (unpaired) electrons. The van der Waals surface area contributed by atoms with Crippen LogP contribution in [0.1, 0.15) is 31.7 Å². The standard InChI is InChI=1S/C17H22O2/c1-3-10-7-12-9-13(10)14-8-11-5-4-6-15(18-2)17(11)19-16(12)14/h4-6,10,12-14,16H,3,7-9H2,1-2H3. The van der Waals surface area contributed by atoms with Crippen LogP contribution >= 0.6 is 0 Å². The zero-order valence-corrected chi connectivity index (χ0v) is 11.8. The molecule has 3 aliphatic rings. The average molecular weight is 258 g/mol. The van der Waals surface area contributed by atoms with Gasteiger partial charge in [-0.05, 0) is 48.6 Å². The van der Waals surface area contributed by atoms with Gasteiger partial charge in [-0.25, -0.2) is 0 Å². The minimum Gasteiger partial charge on any atom is -0.493 e. The topological polar surface area (TPSA) is 18.5 Å². The lowest BCUT2D eigenvalue weighted by atomic mass is 9.74. The maximum Gasteiger partial charge on any atom is 0.164 e. The van der Waals surface area contributed by atoms with E-state index >= 15 is 0 Å². The van der Waals surface area contributed by atoms with E-state index in [4.69, 9.17) is 9.47 Å². The summed E-state index contributed by atoms with van der Waals surface area (Å²) in [6, 6.07) is 6.31. The first kappa shape index (κ1) is 11.6. The Kier molecular flexibility index (Phi) is 2.54. The van der Waals surface area contributed by atoms with Crippen LogP contribution in [0.5, 0.6) is 11.5 Å². The van der Waals surface area contributed by atoms with Crippen LogP contribution in [0.25, 0.3) is 0 Å². The Morgan fingerprint density at radius 3 is 2.95 bits per heavy atom. The Balaban J connectivity index is 1.69. The van der Waals surface area contributed by atoms with Gasteiger partial charge in [-0.3, -0.25) is 0 Å². The fourth-order valence-electron chi connectivity index (χ4n) is 4.91. The van der Waals surface area contributed by atoms with Gasteiger partial charge in [0.2, 0.25) is 0 Å². The van der Waals surface area contributed by atoms with Crippen molar-refractivity contribution in [3.63, 3.8) is 0 Å². The van der Waals surface area contributed by atoms with E-state index in [1.54, 1.807) is 7.11 Å². The van der Waals surface area contributed by atoms with E-state index in [-0.39, 0.29) is 0 Å². The van der Waals surface area contributed by atoms with Crippen molar-refractivity contribution in [2.75, 3.05) is 7.11 Å². The van der Waals surface area contributed by atoms with E-state index in [2.05, 4.69) is 19.1 Å². The summed E-state index contributed by atoms with van der Waals surface area (Å²) in [5.74, 6) is 5.32. The van der Waals surface area contributed by atoms with Gasteiger partial charge in [-0.1, -0.05) is 25.5 Å². The van der Waals surface area contributed by atoms with E-state index in [9.17, 15) is 0 Å².